The van der Waals surface area contributed by atoms with Crippen LogP contribution in [0.25, 0.3) is 11.3 Å². The van der Waals surface area contributed by atoms with E-state index in [0.29, 0.717) is 11.3 Å². The molecule has 0 aliphatic heterocycles. The van der Waals surface area contributed by atoms with Gasteiger partial charge < -0.3 is 14.5 Å². The van der Waals surface area contributed by atoms with E-state index >= 15 is 0 Å². The lowest BCUT2D eigenvalue weighted by molar-refractivity contribution is 0.0991. The number of ether oxygens (including phenoxy) is 1. The maximum absolute atomic E-state index is 13.7. The number of pyridine rings is 1. The van der Waals surface area contributed by atoms with Crippen LogP contribution in [0.1, 0.15) is 36.0 Å². The summed E-state index contributed by atoms with van der Waals surface area (Å²) in [6.45, 7) is 3.63. The summed E-state index contributed by atoms with van der Waals surface area (Å²) in [7, 11) is -2.96. The van der Waals surface area contributed by atoms with Gasteiger partial charge >= 0.3 is 5.91 Å². The highest BCUT2D eigenvalue weighted by atomic mass is 32.2. The fraction of sp³-hybridized carbons (Fsp3) is 0.160. The van der Waals surface area contributed by atoms with Crippen molar-refractivity contribution in [2.75, 3.05) is 17.1 Å². The normalized spacial score (nSPS) is 11.4. The standard InChI is InChI=1S/C25H23FN4O5S/c1-15(2)19-11-17(26)9-10-20(19)30-36(32,33)22-12-18(13-27-24(22)34-3)29-23(31)25-28-14-21(35-25)16-7-5-4-6-8-16/h4-15,30H,1-3H3,(H,29,31). The molecule has 0 radical (unpaired) electrons. The molecule has 0 aliphatic carbocycles. The molecule has 0 spiro atoms. The minimum absolute atomic E-state index is 0.0730. The largest absolute Gasteiger partial charge is 0.480 e. The third-order valence-electron chi connectivity index (χ3n) is 5.20. The molecule has 0 atom stereocenters. The highest BCUT2D eigenvalue weighted by molar-refractivity contribution is 7.92. The van der Waals surface area contributed by atoms with Crippen molar-refractivity contribution in [2.45, 2.75) is 24.7 Å². The van der Waals surface area contributed by atoms with Crippen LogP contribution in [-0.4, -0.2) is 31.4 Å². The lowest BCUT2D eigenvalue weighted by Gasteiger charge is -2.16. The van der Waals surface area contributed by atoms with Crippen molar-refractivity contribution >= 4 is 27.3 Å². The molecule has 186 valence electrons. The van der Waals surface area contributed by atoms with E-state index in [1.165, 1.54) is 37.7 Å². The van der Waals surface area contributed by atoms with Gasteiger partial charge in [0.05, 0.1) is 30.9 Å². The Balaban J connectivity index is 1.60. The molecule has 2 N–H and O–H groups in total. The Morgan fingerprint density at radius 1 is 1.06 bits per heavy atom. The second-order valence-corrected chi connectivity index (χ2v) is 9.72. The molecule has 0 unspecified atom stereocenters. The number of carbonyl (C=O) groups excluding carboxylic acids is 1. The SMILES string of the molecule is COc1ncc(NC(=O)c2ncc(-c3ccccc3)o2)cc1S(=O)(=O)Nc1ccc(F)cc1C(C)C. The molecule has 4 rings (SSSR count). The number of anilines is 2. The molecule has 36 heavy (non-hydrogen) atoms. The van der Waals surface area contributed by atoms with E-state index in [2.05, 4.69) is 20.0 Å². The zero-order valence-corrected chi connectivity index (χ0v) is 20.5. The second-order valence-electron chi connectivity index (χ2n) is 8.07. The van der Waals surface area contributed by atoms with E-state index in [9.17, 15) is 17.6 Å². The predicted molar refractivity (Wildman–Crippen MR) is 132 cm³/mol. The molecule has 0 saturated heterocycles. The second kappa shape index (κ2) is 10.2. The van der Waals surface area contributed by atoms with Gasteiger partial charge in [0.25, 0.3) is 15.9 Å². The molecule has 4 aromatic rings. The summed E-state index contributed by atoms with van der Waals surface area (Å²) in [5.74, 6) is -1.31. The zero-order valence-electron chi connectivity index (χ0n) is 19.7. The summed E-state index contributed by atoms with van der Waals surface area (Å²) in [5.41, 5.74) is 1.52. The molecule has 2 aromatic heterocycles. The Bertz CT molecular complexity index is 1500. The number of oxazole rings is 1. The predicted octanol–water partition coefficient (Wildman–Crippen LogP) is 5.06. The number of rotatable bonds is 8. The molecule has 0 aliphatic rings. The summed E-state index contributed by atoms with van der Waals surface area (Å²) in [4.78, 5) is 20.4. The van der Waals surface area contributed by atoms with Gasteiger partial charge in [0.1, 0.15) is 5.82 Å². The molecule has 0 saturated carbocycles. The molecule has 2 heterocycles. The number of sulfonamides is 1. The van der Waals surface area contributed by atoms with E-state index in [0.717, 1.165) is 11.6 Å². The van der Waals surface area contributed by atoms with Gasteiger partial charge in [-0.1, -0.05) is 44.2 Å². The molecule has 11 heteroatoms. The number of benzene rings is 2. The van der Waals surface area contributed by atoms with E-state index in [1.54, 1.807) is 0 Å². The fourth-order valence-electron chi connectivity index (χ4n) is 3.45. The van der Waals surface area contributed by atoms with Gasteiger partial charge in [0.15, 0.2) is 10.7 Å². The summed E-state index contributed by atoms with van der Waals surface area (Å²) < 4.78 is 53.3. The Morgan fingerprint density at radius 3 is 2.50 bits per heavy atom. The first kappa shape index (κ1) is 24.9. The monoisotopic (exact) mass is 510 g/mol. The van der Waals surface area contributed by atoms with Gasteiger partial charge in [-0.15, -0.1) is 0 Å². The Hall–Kier alpha value is -4.25. The molecule has 0 bridgehead atoms. The Morgan fingerprint density at radius 2 is 1.81 bits per heavy atom. The minimum atomic E-state index is -4.23. The quantitative estimate of drug-likeness (QED) is 0.340. The van der Waals surface area contributed by atoms with Crippen LogP contribution in [-0.2, 0) is 10.0 Å². The molecule has 1 amide bonds. The number of methoxy groups -OCH3 is 1. The first-order valence-corrected chi connectivity index (χ1v) is 12.3. The van der Waals surface area contributed by atoms with Crippen molar-refractivity contribution in [2.24, 2.45) is 0 Å². The number of nitrogens with zero attached hydrogens (tertiary/aromatic N) is 2. The molecular weight excluding hydrogens is 487 g/mol. The zero-order chi connectivity index (χ0) is 25.9. The van der Waals surface area contributed by atoms with Crippen LogP contribution < -0.4 is 14.8 Å². The molecule has 0 fully saturated rings. The van der Waals surface area contributed by atoms with Gasteiger partial charge in [-0.05, 0) is 35.7 Å². The van der Waals surface area contributed by atoms with Crippen LogP contribution in [0.3, 0.4) is 0 Å². The number of halogens is 1. The minimum Gasteiger partial charge on any atom is -0.480 e. The first-order valence-electron chi connectivity index (χ1n) is 10.9. The van der Waals surface area contributed by atoms with E-state index in [4.69, 9.17) is 9.15 Å². The van der Waals surface area contributed by atoms with E-state index in [-0.39, 0.29) is 34.0 Å². The Kier molecular flexibility index (Phi) is 7.02. The average molecular weight is 511 g/mol. The smallest absolute Gasteiger partial charge is 0.311 e. The Labute approximate surface area is 207 Å². The highest BCUT2D eigenvalue weighted by Crippen LogP contribution is 2.31. The van der Waals surface area contributed by atoms with Gasteiger partial charge in [-0.25, -0.2) is 22.8 Å². The van der Waals surface area contributed by atoms with Gasteiger partial charge in [0.2, 0.25) is 5.88 Å². The van der Waals surface area contributed by atoms with Crippen LogP contribution in [0.5, 0.6) is 5.88 Å². The van der Waals surface area contributed by atoms with Crippen molar-refractivity contribution in [3.05, 3.63) is 84.3 Å². The third-order valence-corrected chi connectivity index (χ3v) is 6.56. The van der Waals surface area contributed by atoms with Crippen LogP contribution in [0.2, 0.25) is 0 Å². The number of hydrogen-bond acceptors (Lipinski definition) is 7. The van der Waals surface area contributed by atoms with Crippen LogP contribution in [0, 0.1) is 5.82 Å². The van der Waals surface area contributed by atoms with Gasteiger partial charge in [0, 0.05) is 5.56 Å². The van der Waals surface area contributed by atoms with E-state index < -0.39 is 21.7 Å². The fourth-order valence-corrected chi connectivity index (χ4v) is 4.68. The maximum Gasteiger partial charge on any atom is 0.311 e. The maximum atomic E-state index is 13.7. The van der Waals surface area contributed by atoms with Crippen molar-refractivity contribution in [3.63, 3.8) is 0 Å². The topological polar surface area (TPSA) is 123 Å². The highest BCUT2D eigenvalue weighted by Gasteiger charge is 2.24. The summed E-state index contributed by atoms with van der Waals surface area (Å²) in [6, 6.07) is 14.1. The first-order chi connectivity index (χ1) is 17.2. The summed E-state index contributed by atoms with van der Waals surface area (Å²) in [5, 5.41) is 2.53. The summed E-state index contributed by atoms with van der Waals surface area (Å²) in [6.07, 6.45) is 2.67. The van der Waals surface area contributed by atoms with Crippen molar-refractivity contribution in [1.82, 2.24) is 9.97 Å². The number of aromatic nitrogens is 2. The molecule has 9 nitrogen and oxygen atoms in total. The lowest BCUT2D eigenvalue weighted by atomic mass is 10.0. The molecule has 2 aromatic carbocycles. The van der Waals surface area contributed by atoms with Crippen LogP contribution in [0.4, 0.5) is 15.8 Å². The van der Waals surface area contributed by atoms with Gasteiger partial charge in [-0.3, -0.25) is 9.52 Å². The average Bonchev–Trinajstić information content (AvgIpc) is 3.36. The number of carbonyl (C=O) groups is 1. The van der Waals surface area contributed by atoms with E-state index in [1.807, 2.05) is 44.2 Å². The van der Waals surface area contributed by atoms with Crippen LogP contribution >= 0.6 is 0 Å². The van der Waals surface area contributed by atoms with Crippen molar-refractivity contribution < 1.29 is 26.8 Å². The third kappa shape index (κ3) is 5.36. The van der Waals surface area contributed by atoms with Crippen molar-refractivity contribution in [1.29, 1.82) is 0 Å². The molecular formula is C25H23FN4O5S. The van der Waals surface area contributed by atoms with Gasteiger partial charge in [-0.2, -0.15) is 0 Å². The van der Waals surface area contributed by atoms with Crippen molar-refractivity contribution in [3.8, 4) is 17.2 Å². The number of amides is 1. The lowest BCUT2D eigenvalue weighted by Crippen LogP contribution is -2.18. The number of nitrogens with one attached hydrogen (secondary N) is 2. The number of hydrogen-bond donors (Lipinski definition) is 2. The summed E-state index contributed by atoms with van der Waals surface area (Å²) >= 11 is 0. The van der Waals surface area contributed by atoms with Crippen LogP contribution in [0.15, 0.2) is 76.3 Å².